The van der Waals surface area contributed by atoms with Crippen LogP contribution in [0.1, 0.15) is 19.3 Å². The molecule has 100 valence electrons. The molecule has 0 aromatic heterocycles. The first kappa shape index (κ1) is 14.1. The summed E-state index contributed by atoms with van der Waals surface area (Å²) in [5, 5.41) is 0.675. The third-order valence-corrected chi connectivity index (χ3v) is 5.71. The van der Waals surface area contributed by atoms with Gasteiger partial charge in [-0.05, 0) is 49.4 Å². The summed E-state index contributed by atoms with van der Waals surface area (Å²) in [6.45, 7) is 0.520. The lowest BCUT2D eigenvalue weighted by Crippen LogP contribution is -2.20. The molecule has 2 rings (SSSR count). The van der Waals surface area contributed by atoms with Crippen molar-refractivity contribution in [1.82, 2.24) is 0 Å². The van der Waals surface area contributed by atoms with Crippen molar-refractivity contribution in [2.45, 2.75) is 24.2 Å². The molecular formula is C12H15Cl2NO2S. The molecule has 0 bridgehead atoms. The maximum Gasteiger partial charge on any atom is 0.179 e. The van der Waals surface area contributed by atoms with Gasteiger partial charge in [0.15, 0.2) is 9.84 Å². The van der Waals surface area contributed by atoms with E-state index in [1.165, 1.54) is 18.2 Å². The van der Waals surface area contributed by atoms with E-state index in [1.54, 1.807) is 0 Å². The fourth-order valence-corrected chi connectivity index (χ4v) is 4.82. The van der Waals surface area contributed by atoms with E-state index in [0.717, 1.165) is 19.3 Å². The summed E-state index contributed by atoms with van der Waals surface area (Å²) in [5.41, 5.74) is 5.40. The Bertz CT molecular complexity index is 533. The quantitative estimate of drug-likeness (QED) is 0.910. The maximum absolute atomic E-state index is 12.3. The average Bonchev–Trinajstić information content (AvgIpc) is 2.96. The predicted molar refractivity (Wildman–Crippen MR) is 73.9 cm³/mol. The van der Waals surface area contributed by atoms with Crippen molar-refractivity contribution < 1.29 is 8.42 Å². The fourth-order valence-electron chi connectivity index (χ4n) is 2.14. The van der Waals surface area contributed by atoms with Crippen molar-refractivity contribution in [2.75, 3.05) is 12.3 Å². The van der Waals surface area contributed by atoms with Gasteiger partial charge < -0.3 is 5.73 Å². The Kier molecular flexibility index (Phi) is 3.93. The maximum atomic E-state index is 12.3. The van der Waals surface area contributed by atoms with Crippen LogP contribution in [0.25, 0.3) is 0 Å². The highest BCUT2D eigenvalue weighted by Gasteiger charge is 2.45. The van der Waals surface area contributed by atoms with Crippen molar-refractivity contribution >= 4 is 33.0 Å². The van der Waals surface area contributed by atoms with E-state index in [0.29, 0.717) is 16.6 Å². The third-order valence-electron chi connectivity index (χ3n) is 3.32. The van der Waals surface area contributed by atoms with Crippen molar-refractivity contribution in [3.8, 4) is 0 Å². The van der Waals surface area contributed by atoms with Crippen LogP contribution >= 0.6 is 23.2 Å². The second-order valence-corrected chi connectivity index (χ2v) is 7.77. The molecule has 1 aromatic rings. The molecule has 0 radical (unpaired) electrons. The Morgan fingerprint density at radius 1 is 1.17 bits per heavy atom. The van der Waals surface area contributed by atoms with E-state index in [2.05, 4.69) is 0 Å². The van der Waals surface area contributed by atoms with Crippen LogP contribution in [0.3, 0.4) is 0 Å². The zero-order valence-electron chi connectivity index (χ0n) is 9.83. The monoisotopic (exact) mass is 307 g/mol. The van der Waals surface area contributed by atoms with Gasteiger partial charge in [-0.15, -0.1) is 0 Å². The average molecular weight is 308 g/mol. The van der Waals surface area contributed by atoms with Gasteiger partial charge in [-0.2, -0.15) is 0 Å². The van der Waals surface area contributed by atoms with Crippen molar-refractivity contribution in [3.63, 3.8) is 0 Å². The molecule has 0 amide bonds. The molecule has 6 heteroatoms. The smallest absolute Gasteiger partial charge is 0.179 e. The lowest BCUT2D eigenvalue weighted by Gasteiger charge is -2.14. The number of hydrogen-bond donors (Lipinski definition) is 1. The van der Waals surface area contributed by atoms with E-state index >= 15 is 0 Å². The second kappa shape index (κ2) is 5.00. The minimum Gasteiger partial charge on any atom is -0.330 e. The van der Waals surface area contributed by atoms with Crippen LogP contribution in [-0.4, -0.2) is 20.7 Å². The minimum atomic E-state index is -3.35. The van der Waals surface area contributed by atoms with Gasteiger partial charge >= 0.3 is 0 Å². The highest BCUT2D eigenvalue weighted by atomic mass is 35.5. The normalized spacial score (nSPS) is 17.7. The summed E-state index contributed by atoms with van der Waals surface area (Å²) in [6.07, 6.45) is 2.61. The van der Waals surface area contributed by atoms with Crippen molar-refractivity contribution in [1.29, 1.82) is 0 Å². The molecule has 0 heterocycles. The van der Waals surface area contributed by atoms with Crippen molar-refractivity contribution in [3.05, 3.63) is 28.2 Å². The molecule has 1 aliphatic rings. The highest BCUT2D eigenvalue weighted by molar-refractivity contribution is 7.91. The number of hydrogen-bond acceptors (Lipinski definition) is 3. The first-order valence-electron chi connectivity index (χ1n) is 5.76. The highest BCUT2D eigenvalue weighted by Crippen LogP contribution is 2.50. The molecule has 0 saturated heterocycles. The third kappa shape index (κ3) is 3.18. The number of nitrogens with two attached hydrogens (primary N) is 1. The standard InChI is InChI=1S/C12H15Cl2NO2S/c13-9-5-10(14)7-11(6-9)18(16,17)8-12(1-2-12)3-4-15/h5-7H,1-4,8,15H2. The summed E-state index contributed by atoms with van der Waals surface area (Å²) in [5.74, 6) is 0.133. The van der Waals surface area contributed by atoms with Crippen LogP contribution in [0.15, 0.2) is 23.1 Å². The first-order chi connectivity index (χ1) is 8.37. The summed E-state index contributed by atoms with van der Waals surface area (Å²) in [6, 6.07) is 4.41. The van der Waals surface area contributed by atoms with E-state index in [4.69, 9.17) is 28.9 Å². The topological polar surface area (TPSA) is 60.2 Å². The molecule has 18 heavy (non-hydrogen) atoms. The molecule has 0 atom stereocenters. The Morgan fingerprint density at radius 3 is 2.17 bits per heavy atom. The molecule has 1 saturated carbocycles. The SMILES string of the molecule is NCCC1(CS(=O)(=O)c2cc(Cl)cc(Cl)c2)CC1. The van der Waals surface area contributed by atoms with E-state index in [9.17, 15) is 8.42 Å². The van der Waals surface area contributed by atoms with Gasteiger partial charge in [-0.3, -0.25) is 0 Å². The van der Waals surface area contributed by atoms with Gasteiger partial charge in [0.1, 0.15) is 0 Å². The predicted octanol–water partition coefficient (Wildman–Crippen LogP) is 2.90. The summed E-state index contributed by atoms with van der Waals surface area (Å²) in [7, 11) is -3.35. The Balaban J connectivity index is 2.26. The van der Waals surface area contributed by atoms with Gasteiger partial charge in [0.05, 0.1) is 10.6 Å². The number of benzene rings is 1. The molecule has 0 aliphatic heterocycles. The van der Waals surface area contributed by atoms with Crippen LogP contribution in [0, 0.1) is 5.41 Å². The lowest BCUT2D eigenvalue weighted by atomic mass is 10.1. The summed E-state index contributed by atoms with van der Waals surface area (Å²) < 4.78 is 24.6. The summed E-state index contributed by atoms with van der Waals surface area (Å²) in [4.78, 5) is 0.197. The zero-order chi connectivity index (χ0) is 13.4. The molecule has 0 unspecified atom stereocenters. The molecular weight excluding hydrogens is 293 g/mol. The Labute approximate surface area is 117 Å². The zero-order valence-corrected chi connectivity index (χ0v) is 12.2. The van der Waals surface area contributed by atoms with Crippen LogP contribution in [0.4, 0.5) is 0 Å². The largest absolute Gasteiger partial charge is 0.330 e. The van der Waals surface area contributed by atoms with Crippen LogP contribution in [-0.2, 0) is 9.84 Å². The van der Waals surface area contributed by atoms with E-state index in [-0.39, 0.29) is 16.1 Å². The molecule has 0 spiro atoms. The first-order valence-corrected chi connectivity index (χ1v) is 8.17. The van der Waals surface area contributed by atoms with Crippen LogP contribution < -0.4 is 5.73 Å². The van der Waals surface area contributed by atoms with Gasteiger partial charge in [0.25, 0.3) is 0 Å². The van der Waals surface area contributed by atoms with Gasteiger partial charge in [-0.1, -0.05) is 23.2 Å². The van der Waals surface area contributed by atoms with Gasteiger partial charge in [0, 0.05) is 10.0 Å². The second-order valence-electron chi connectivity index (χ2n) is 4.90. The Morgan fingerprint density at radius 2 is 1.72 bits per heavy atom. The van der Waals surface area contributed by atoms with Gasteiger partial charge in [-0.25, -0.2) is 8.42 Å². The summed E-state index contributed by atoms with van der Waals surface area (Å²) >= 11 is 11.7. The minimum absolute atomic E-state index is 0.123. The number of sulfone groups is 1. The lowest BCUT2D eigenvalue weighted by molar-refractivity contribution is 0.510. The molecule has 1 aliphatic carbocycles. The van der Waals surface area contributed by atoms with E-state index < -0.39 is 9.84 Å². The fraction of sp³-hybridized carbons (Fsp3) is 0.500. The molecule has 1 fully saturated rings. The number of rotatable bonds is 5. The number of halogens is 2. The van der Waals surface area contributed by atoms with Gasteiger partial charge in [0.2, 0.25) is 0 Å². The van der Waals surface area contributed by atoms with Crippen LogP contribution in [0.5, 0.6) is 0 Å². The Hall–Kier alpha value is -0.290. The molecule has 1 aromatic carbocycles. The van der Waals surface area contributed by atoms with E-state index in [1.807, 2.05) is 0 Å². The van der Waals surface area contributed by atoms with Crippen LogP contribution in [0.2, 0.25) is 10.0 Å². The molecule has 3 nitrogen and oxygen atoms in total. The van der Waals surface area contributed by atoms with Crippen molar-refractivity contribution in [2.24, 2.45) is 11.1 Å². The molecule has 2 N–H and O–H groups in total.